The zero-order valence-corrected chi connectivity index (χ0v) is 10.1. The molecule has 0 saturated heterocycles. The largest absolute Gasteiger partial charge is 0.328 e. The van der Waals surface area contributed by atoms with Gasteiger partial charge in [0.25, 0.3) is 0 Å². The van der Waals surface area contributed by atoms with Gasteiger partial charge in [0.2, 0.25) is 0 Å². The lowest BCUT2D eigenvalue weighted by Crippen LogP contribution is -2.17. The first-order valence-corrected chi connectivity index (χ1v) is 5.69. The zero-order valence-electron chi connectivity index (χ0n) is 9.37. The molecule has 0 radical (unpaired) electrons. The molecule has 0 amide bonds. The number of nitrogens with two attached hydrogens (primary N) is 1. The second-order valence-electron chi connectivity index (χ2n) is 4.09. The average Bonchev–Trinajstić information content (AvgIpc) is 2.69. The molecular weight excluding hydrogens is 241 g/mol. The fourth-order valence-corrected chi connectivity index (χ4v) is 1.80. The van der Waals surface area contributed by atoms with E-state index in [-0.39, 0.29) is 11.1 Å². The number of nitrogens with zero attached hydrogens (tertiary/aromatic N) is 1. The van der Waals surface area contributed by atoms with Crippen molar-refractivity contribution in [2.45, 2.75) is 19.4 Å². The van der Waals surface area contributed by atoms with E-state index >= 15 is 0 Å². The number of aromatic nitrogens is 2. The van der Waals surface area contributed by atoms with Crippen LogP contribution in [0, 0.1) is 5.82 Å². The molecule has 1 unspecified atom stereocenters. The van der Waals surface area contributed by atoms with Gasteiger partial charge in [-0.1, -0.05) is 11.6 Å². The quantitative estimate of drug-likeness (QED) is 0.884. The predicted octanol–water partition coefficient (Wildman–Crippen LogP) is 2.76. The van der Waals surface area contributed by atoms with Crippen molar-refractivity contribution in [2.24, 2.45) is 5.73 Å². The molecule has 3 nitrogen and oxygen atoms in total. The van der Waals surface area contributed by atoms with Crippen molar-refractivity contribution in [2.75, 3.05) is 0 Å². The third-order valence-corrected chi connectivity index (χ3v) is 2.68. The van der Waals surface area contributed by atoms with Crippen molar-refractivity contribution in [1.29, 1.82) is 0 Å². The minimum atomic E-state index is -0.429. The smallest absolute Gasteiger partial charge is 0.141 e. The molecule has 17 heavy (non-hydrogen) atoms. The van der Waals surface area contributed by atoms with Gasteiger partial charge in [0.05, 0.1) is 10.7 Å². The van der Waals surface area contributed by atoms with Crippen LogP contribution in [0.2, 0.25) is 5.02 Å². The summed E-state index contributed by atoms with van der Waals surface area (Å²) in [5, 5.41) is 7.15. The van der Waals surface area contributed by atoms with E-state index in [2.05, 4.69) is 10.2 Å². The maximum atomic E-state index is 13.0. The Hall–Kier alpha value is -1.39. The molecule has 0 spiro atoms. The fraction of sp³-hybridized carbons (Fsp3) is 0.250. The van der Waals surface area contributed by atoms with Crippen molar-refractivity contribution >= 4 is 11.6 Å². The van der Waals surface area contributed by atoms with Crippen LogP contribution in [0.15, 0.2) is 24.3 Å². The number of hydrogen-bond donors (Lipinski definition) is 2. The summed E-state index contributed by atoms with van der Waals surface area (Å²) in [7, 11) is 0. The summed E-state index contributed by atoms with van der Waals surface area (Å²) in [4.78, 5) is 0. The van der Waals surface area contributed by atoms with Crippen molar-refractivity contribution in [1.82, 2.24) is 10.2 Å². The molecule has 1 heterocycles. The molecular formula is C12H13ClFN3. The third-order valence-electron chi connectivity index (χ3n) is 2.39. The van der Waals surface area contributed by atoms with Gasteiger partial charge in [-0.2, -0.15) is 5.10 Å². The predicted molar refractivity (Wildman–Crippen MR) is 66.3 cm³/mol. The second kappa shape index (κ2) is 4.85. The van der Waals surface area contributed by atoms with Crippen LogP contribution in [0.1, 0.15) is 12.6 Å². The van der Waals surface area contributed by atoms with E-state index in [1.807, 2.05) is 13.0 Å². The molecule has 90 valence electrons. The van der Waals surface area contributed by atoms with Crippen LogP contribution >= 0.6 is 11.6 Å². The summed E-state index contributed by atoms with van der Waals surface area (Å²) in [6.07, 6.45) is 0.724. The van der Waals surface area contributed by atoms with Gasteiger partial charge in [-0.05, 0) is 31.2 Å². The van der Waals surface area contributed by atoms with Crippen molar-refractivity contribution in [3.8, 4) is 11.3 Å². The Morgan fingerprint density at radius 3 is 2.88 bits per heavy atom. The summed E-state index contributed by atoms with van der Waals surface area (Å²) in [5.41, 5.74) is 8.17. The van der Waals surface area contributed by atoms with Crippen molar-refractivity contribution < 1.29 is 4.39 Å². The Morgan fingerprint density at radius 2 is 2.24 bits per heavy atom. The topological polar surface area (TPSA) is 54.7 Å². The molecule has 1 aromatic heterocycles. The monoisotopic (exact) mass is 253 g/mol. The van der Waals surface area contributed by atoms with Crippen LogP contribution < -0.4 is 5.73 Å². The normalized spacial score (nSPS) is 12.7. The second-order valence-corrected chi connectivity index (χ2v) is 4.50. The Balaban J connectivity index is 2.27. The van der Waals surface area contributed by atoms with Gasteiger partial charge in [-0.15, -0.1) is 0 Å². The summed E-state index contributed by atoms with van der Waals surface area (Å²) in [5.74, 6) is -0.429. The van der Waals surface area contributed by atoms with Crippen LogP contribution in [-0.2, 0) is 6.42 Å². The molecule has 0 saturated carbocycles. The Kier molecular flexibility index (Phi) is 3.45. The zero-order chi connectivity index (χ0) is 12.4. The third kappa shape index (κ3) is 2.84. The van der Waals surface area contributed by atoms with Gasteiger partial charge in [0.1, 0.15) is 5.82 Å². The van der Waals surface area contributed by atoms with Crippen LogP contribution in [0.25, 0.3) is 11.3 Å². The maximum Gasteiger partial charge on any atom is 0.141 e. The number of halogens is 2. The van der Waals surface area contributed by atoms with Gasteiger partial charge >= 0.3 is 0 Å². The minimum absolute atomic E-state index is 0.0695. The number of aromatic amines is 1. The first-order chi connectivity index (χ1) is 8.06. The van der Waals surface area contributed by atoms with E-state index in [0.29, 0.717) is 0 Å². The summed E-state index contributed by atoms with van der Waals surface area (Å²) >= 11 is 5.72. The Labute approximate surface area is 104 Å². The van der Waals surface area contributed by atoms with Crippen LogP contribution in [-0.4, -0.2) is 16.2 Å². The molecule has 3 N–H and O–H groups in total. The van der Waals surface area contributed by atoms with Crippen LogP contribution in [0.3, 0.4) is 0 Å². The first kappa shape index (κ1) is 12.1. The fourth-order valence-electron chi connectivity index (χ4n) is 1.62. The van der Waals surface area contributed by atoms with Gasteiger partial charge in [-0.3, -0.25) is 5.10 Å². The molecule has 0 aliphatic rings. The molecule has 2 aromatic rings. The van der Waals surface area contributed by atoms with E-state index in [0.717, 1.165) is 23.4 Å². The molecule has 1 atom stereocenters. The van der Waals surface area contributed by atoms with Crippen molar-refractivity contribution in [3.63, 3.8) is 0 Å². The van der Waals surface area contributed by atoms with Crippen molar-refractivity contribution in [3.05, 3.63) is 40.8 Å². The van der Waals surface area contributed by atoms with E-state index in [1.165, 1.54) is 6.07 Å². The molecule has 1 aromatic carbocycles. The van der Waals surface area contributed by atoms with Gasteiger partial charge < -0.3 is 5.73 Å². The van der Waals surface area contributed by atoms with Gasteiger partial charge in [0, 0.05) is 23.7 Å². The summed E-state index contributed by atoms with van der Waals surface area (Å²) in [6, 6.07) is 6.50. The van der Waals surface area contributed by atoms with Crippen LogP contribution in [0.4, 0.5) is 4.39 Å². The van der Waals surface area contributed by atoms with E-state index in [4.69, 9.17) is 17.3 Å². The molecule has 5 heteroatoms. The molecule has 0 fully saturated rings. The van der Waals surface area contributed by atoms with Gasteiger partial charge in [0.15, 0.2) is 0 Å². The number of nitrogens with one attached hydrogen (secondary N) is 1. The molecule has 0 aliphatic heterocycles. The lowest BCUT2D eigenvalue weighted by molar-refractivity contribution is 0.628. The van der Waals surface area contributed by atoms with E-state index in [9.17, 15) is 4.39 Å². The lowest BCUT2D eigenvalue weighted by atomic mass is 10.1. The lowest BCUT2D eigenvalue weighted by Gasteiger charge is -2.00. The highest BCUT2D eigenvalue weighted by atomic mass is 35.5. The highest BCUT2D eigenvalue weighted by molar-refractivity contribution is 6.31. The Morgan fingerprint density at radius 1 is 1.47 bits per heavy atom. The summed E-state index contributed by atoms with van der Waals surface area (Å²) in [6.45, 7) is 1.93. The molecule has 0 bridgehead atoms. The highest BCUT2D eigenvalue weighted by Gasteiger charge is 2.07. The minimum Gasteiger partial charge on any atom is -0.328 e. The molecule has 0 aliphatic carbocycles. The highest BCUT2D eigenvalue weighted by Crippen LogP contribution is 2.23. The van der Waals surface area contributed by atoms with Gasteiger partial charge in [-0.25, -0.2) is 4.39 Å². The first-order valence-electron chi connectivity index (χ1n) is 5.31. The number of hydrogen-bond acceptors (Lipinski definition) is 2. The van der Waals surface area contributed by atoms with Crippen LogP contribution in [0.5, 0.6) is 0 Å². The average molecular weight is 254 g/mol. The summed E-state index contributed by atoms with van der Waals surface area (Å²) < 4.78 is 13.0. The maximum absolute atomic E-state index is 13.0. The van der Waals surface area contributed by atoms with E-state index < -0.39 is 5.82 Å². The molecule has 2 rings (SSSR count). The van der Waals surface area contributed by atoms with E-state index in [1.54, 1.807) is 12.1 Å². The number of benzene rings is 1. The number of rotatable bonds is 3. The number of H-pyrrole nitrogens is 1. The standard InChI is InChI=1S/C12H13ClFN3/c1-7(15)4-9-6-12(17-16-9)8-2-3-11(14)10(13)5-8/h2-3,5-7H,4,15H2,1H3,(H,16,17). The Bertz CT molecular complexity index is 522. The SMILES string of the molecule is CC(N)Cc1cc(-c2ccc(F)c(Cl)c2)n[nH]1.